The minimum absolute atomic E-state index is 0.108. The predicted molar refractivity (Wildman–Crippen MR) is 132 cm³/mol. The molecule has 0 spiro atoms. The third kappa shape index (κ3) is 3.79. The van der Waals surface area contributed by atoms with Crippen molar-refractivity contribution >= 4 is 17.2 Å². The zero-order chi connectivity index (χ0) is 26.1. The number of methoxy groups -OCH3 is 3. The SMILES string of the molecule is COc1ccc([C@@H]2C(C#N)=C(N)N(c3cc([N+](=O)[O-])ccc3C)C3=C2C(=O)CCC3)c(OC)c1OC. The number of nitrogens with two attached hydrogens (primary N) is 1. The molecule has 2 aromatic rings. The fourth-order valence-corrected chi connectivity index (χ4v) is 4.98. The largest absolute Gasteiger partial charge is 0.493 e. The molecule has 1 atom stereocenters. The van der Waals surface area contributed by atoms with Crippen LogP contribution >= 0.6 is 0 Å². The minimum Gasteiger partial charge on any atom is -0.493 e. The van der Waals surface area contributed by atoms with Gasteiger partial charge >= 0.3 is 0 Å². The Labute approximate surface area is 208 Å². The number of aryl methyl sites for hydroxylation is 1. The Balaban J connectivity index is 2.04. The van der Waals surface area contributed by atoms with E-state index in [9.17, 15) is 20.2 Å². The van der Waals surface area contributed by atoms with Crippen LogP contribution in [0.15, 0.2) is 53.0 Å². The van der Waals surface area contributed by atoms with E-state index < -0.39 is 10.8 Å². The zero-order valence-corrected chi connectivity index (χ0v) is 20.5. The highest BCUT2D eigenvalue weighted by Crippen LogP contribution is 2.52. The van der Waals surface area contributed by atoms with Crippen molar-refractivity contribution < 1.29 is 23.9 Å². The molecule has 0 aromatic heterocycles. The van der Waals surface area contributed by atoms with Crippen LogP contribution in [0.4, 0.5) is 11.4 Å². The summed E-state index contributed by atoms with van der Waals surface area (Å²) in [7, 11) is 4.45. The maximum atomic E-state index is 13.4. The third-order valence-electron chi connectivity index (χ3n) is 6.60. The number of carbonyl (C=O) groups excluding carboxylic acids is 1. The molecule has 0 radical (unpaired) electrons. The topological polar surface area (TPSA) is 141 Å². The van der Waals surface area contributed by atoms with Gasteiger partial charge in [0, 0.05) is 35.4 Å². The van der Waals surface area contributed by atoms with Crippen molar-refractivity contribution in [2.24, 2.45) is 5.73 Å². The average Bonchev–Trinajstić information content (AvgIpc) is 2.87. The Morgan fingerprint density at radius 1 is 1.11 bits per heavy atom. The van der Waals surface area contributed by atoms with E-state index in [-0.39, 0.29) is 22.9 Å². The lowest BCUT2D eigenvalue weighted by atomic mass is 9.75. The maximum absolute atomic E-state index is 13.4. The minimum atomic E-state index is -0.803. The lowest BCUT2D eigenvalue weighted by molar-refractivity contribution is -0.384. The summed E-state index contributed by atoms with van der Waals surface area (Å²) < 4.78 is 16.6. The molecule has 2 N–H and O–H groups in total. The van der Waals surface area contributed by atoms with Crippen molar-refractivity contribution in [3.63, 3.8) is 0 Å². The van der Waals surface area contributed by atoms with Gasteiger partial charge in [-0.3, -0.25) is 19.8 Å². The van der Waals surface area contributed by atoms with E-state index in [0.717, 1.165) is 0 Å². The standard InChI is InChI=1S/C26H26N4O6/c1-14-8-9-15(30(32)33)12-19(14)29-18-6-5-7-20(31)23(18)22(17(13-27)26(29)28)16-10-11-21(34-2)25(36-4)24(16)35-3/h8-12,22H,5-7,28H2,1-4H3/t22-/m1/s1. The summed E-state index contributed by atoms with van der Waals surface area (Å²) in [5, 5.41) is 21.8. The smallest absolute Gasteiger partial charge is 0.271 e. The molecule has 2 aliphatic rings. The number of nitriles is 1. The van der Waals surface area contributed by atoms with Crippen LogP contribution in [-0.4, -0.2) is 32.0 Å². The molecular weight excluding hydrogens is 464 g/mol. The van der Waals surface area contributed by atoms with E-state index in [1.54, 1.807) is 30.0 Å². The van der Waals surface area contributed by atoms with Gasteiger partial charge in [0.15, 0.2) is 17.3 Å². The Bertz CT molecular complexity index is 1370. The van der Waals surface area contributed by atoms with E-state index in [1.807, 2.05) is 0 Å². The van der Waals surface area contributed by atoms with Gasteiger partial charge in [0.1, 0.15) is 5.82 Å². The van der Waals surface area contributed by atoms with Crippen LogP contribution in [0.5, 0.6) is 17.2 Å². The second-order valence-electron chi connectivity index (χ2n) is 8.47. The van der Waals surface area contributed by atoms with Gasteiger partial charge in [-0.15, -0.1) is 0 Å². The van der Waals surface area contributed by atoms with Gasteiger partial charge in [-0.05, 0) is 31.4 Å². The molecule has 0 unspecified atom stereocenters. The van der Waals surface area contributed by atoms with Gasteiger partial charge in [-0.2, -0.15) is 5.26 Å². The molecular formula is C26H26N4O6. The second-order valence-corrected chi connectivity index (χ2v) is 8.47. The van der Waals surface area contributed by atoms with E-state index in [1.165, 1.54) is 33.5 Å². The van der Waals surface area contributed by atoms with Crippen molar-refractivity contribution in [1.82, 2.24) is 0 Å². The van der Waals surface area contributed by atoms with Gasteiger partial charge in [-0.1, -0.05) is 12.1 Å². The average molecular weight is 491 g/mol. The Morgan fingerprint density at radius 3 is 2.44 bits per heavy atom. The molecule has 2 aromatic carbocycles. The highest BCUT2D eigenvalue weighted by molar-refractivity contribution is 6.01. The molecule has 1 aliphatic heterocycles. The van der Waals surface area contributed by atoms with Crippen LogP contribution in [0.25, 0.3) is 0 Å². The number of non-ortho nitro benzene ring substituents is 1. The number of nitro benzene ring substituents is 1. The number of anilines is 1. The third-order valence-corrected chi connectivity index (χ3v) is 6.60. The quantitative estimate of drug-likeness (QED) is 0.465. The highest BCUT2D eigenvalue weighted by atomic mass is 16.6. The normalized spacial score (nSPS) is 17.5. The molecule has 10 nitrogen and oxygen atoms in total. The summed E-state index contributed by atoms with van der Waals surface area (Å²) in [4.78, 5) is 26.1. The number of ketones is 1. The second kappa shape index (κ2) is 9.62. The number of allylic oxidation sites excluding steroid dienone is 3. The lowest BCUT2D eigenvalue weighted by Gasteiger charge is -2.40. The lowest BCUT2D eigenvalue weighted by Crippen LogP contribution is -2.39. The van der Waals surface area contributed by atoms with Crippen LogP contribution in [0, 0.1) is 28.4 Å². The molecule has 186 valence electrons. The molecule has 1 aliphatic carbocycles. The zero-order valence-electron chi connectivity index (χ0n) is 20.5. The molecule has 0 amide bonds. The predicted octanol–water partition coefficient (Wildman–Crippen LogP) is 4.23. The molecule has 0 saturated carbocycles. The van der Waals surface area contributed by atoms with Gasteiger partial charge < -0.3 is 19.9 Å². The Kier molecular flexibility index (Phi) is 6.57. The fourth-order valence-electron chi connectivity index (χ4n) is 4.98. The number of nitrogens with zero attached hydrogens (tertiary/aromatic N) is 3. The molecule has 4 rings (SSSR count). The first-order chi connectivity index (χ1) is 17.3. The number of benzene rings is 2. The van der Waals surface area contributed by atoms with Crippen LogP contribution in [-0.2, 0) is 4.79 Å². The first kappa shape index (κ1) is 24.6. The number of ether oxygens (including phenoxy) is 3. The molecule has 0 saturated heterocycles. The van der Waals surface area contributed by atoms with Crippen LogP contribution in [0.3, 0.4) is 0 Å². The summed E-state index contributed by atoms with van der Waals surface area (Å²) in [6, 6.07) is 10.1. The summed E-state index contributed by atoms with van der Waals surface area (Å²) >= 11 is 0. The monoisotopic (exact) mass is 490 g/mol. The van der Waals surface area contributed by atoms with Crippen LogP contribution in [0.1, 0.15) is 36.3 Å². The number of carbonyl (C=O) groups is 1. The maximum Gasteiger partial charge on any atom is 0.271 e. The first-order valence-electron chi connectivity index (χ1n) is 11.3. The summed E-state index contributed by atoms with van der Waals surface area (Å²) in [6.07, 6.45) is 1.41. The van der Waals surface area contributed by atoms with Gasteiger partial charge in [-0.25, -0.2) is 0 Å². The summed E-state index contributed by atoms with van der Waals surface area (Å²) in [5.41, 5.74) is 9.40. The molecule has 0 fully saturated rings. The van der Waals surface area contributed by atoms with Gasteiger partial charge in [0.25, 0.3) is 5.69 Å². The van der Waals surface area contributed by atoms with E-state index >= 15 is 0 Å². The fraction of sp³-hybridized carbons (Fsp3) is 0.308. The van der Waals surface area contributed by atoms with Crippen LogP contribution < -0.4 is 24.8 Å². The summed E-state index contributed by atoms with van der Waals surface area (Å²) in [5.74, 6) is 0.274. The van der Waals surface area contributed by atoms with Crippen LogP contribution in [0.2, 0.25) is 0 Å². The van der Waals surface area contributed by atoms with E-state index in [2.05, 4.69) is 6.07 Å². The Morgan fingerprint density at radius 2 is 1.83 bits per heavy atom. The number of hydrogen-bond donors (Lipinski definition) is 1. The van der Waals surface area contributed by atoms with E-state index in [4.69, 9.17) is 19.9 Å². The number of nitro groups is 1. The highest BCUT2D eigenvalue weighted by Gasteiger charge is 2.42. The van der Waals surface area contributed by atoms with Crippen molar-refractivity contribution in [3.8, 4) is 23.3 Å². The van der Waals surface area contributed by atoms with Crippen molar-refractivity contribution in [2.75, 3.05) is 26.2 Å². The van der Waals surface area contributed by atoms with E-state index in [0.29, 0.717) is 64.6 Å². The first-order valence-corrected chi connectivity index (χ1v) is 11.3. The summed E-state index contributed by atoms with van der Waals surface area (Å²) in [6.45, 7) is 1.80. The molecule has 36 heavy (non-hydrogen) atoms. The van der Waals surface area contributed by atoms with Crippen molar-refractivity contribution in [3.05, 3.63) is 74.2 Å². The number of rotatable bonds is 6. The van der Waals surface area contributed by atoms with Gasteiger partial charge in [0.05, 0.1) is 49.5 Å². The Hall–Kier alpha value is -4.52. The number of Topliss-reactive ketones (excluding diaryl/α,β-unsaturated/α-hetero) is 1. The molecule has 0 bridgehead atoms. The molecule has 10 heteroatoms. The van der Waals surface area contributed by atoms with Crippen molar-refractivity contribution in [1.29, 1.82) is 5.26 Å². The van der Waals surface area contributed by atoms with Gasteiger partial charge in [0.2, 0.25) is 5.75 Å². The molecule has 1 heterocycles. The van der Waals surface area contributed by atoms with Crippen molar-refractivity contribution in [2.45, 2.75) is 32.1 Å². The number of hydrogen-bond acceptors (Lipinski definition) is 9.